The summed E-state index contributed by atoms with van der Waals surface area (Å²) in [4.78, 5) is 18.4. The van der Waals surface area contributed by atoms with Crippen molar-refractivity contribution in [2.24, 2.45) is 0 Å². The average molecular weight is 299 g/mol. The molecule has 0 fully saturated rings. The molecule has 2 aromatic heterocycles. The molecule has 1 N–H and O–H groups in total. The Morgan fingerprint density at radius 1 is 1.37 bits per heavy atom. The van der Waals surface area contributed by atoms with Crippen molar-refractivity contribution in [2.75, 3.05) is 11.4 Å². The first-order chi connectivity index (χ1) is 8.94. The molecule has 0 unspecified atom stereocenters. The highest BCUT2D eigenvalue weighted by atomic mass is 32.2. The Hall–Kier alpha value is -2.00. The van der Waals surface area contributed by atoms with Crippen LogP contribution < -0.4 is 4.31 Å². The minimum atomic E-state index is -3.98. The monoisotopic (exact) mass is 299 g/mol. The Labute approximate surface area is 113 Å². The molecule has 0 saturated carbocycles. The molecule has 0 spiro atoms. The van der Waals surface area contributed by atoms with Crippen molar-refractivity contribution >= 4 is 33.1 Å². The number of carbonyl (C=O) groups is 1. The fourth-order valence-corrected chi connectivity index (χ4v) is 3.79. The van der Waals surface area contributed by atoms with Crippen LogP contribution in [0.25, 0.3) is 0 Å². The second kappa shape index (κ2) is 4.94. The summed E-state index contributed by atoms with van der Waals surface area (Å²) in [6.45, 7) is 0. The van der Waals surface area contributed by atoms with Gasteiger partial charge in [-0.3, -0.25) is 4.31 Å². The summed E-state index contributed by atoms with van der Waals surface area (Å²) >= 11 is 0.758. The smallest absolute Gasteiger partial charge is 0.356 e. The Morgan fingerprint density at radius 2 is 2.11 bits per heavy atom. The molecule has 2 aromatic rings. The van der Waals surface area contributed by atoms with Crippen molar-refractivity contribution in [3.8, 4) is 0 Å². The van der Waals surface area contributed by atoms with Crippen LogP contribution in [0.5, 0.6) is 0 Å². The van der Waals surface area contributed by atoms with E-state index in [4.69, 9.17) is 5.11 Å². The van der Waals surface area contributed by atoms with Crippen LogP contribution in [0.4, 0.5) is 5.82 Å². The molecule has 2 heterocycles. The van der Waals surface area contributed by atoms with Gasteiger partial charge in [0.25, 0.3) is 10.0 Å². The zero-order valence-electron chi connectivity index (χ0n) is 9.72. The lowest BCUT2D eigenvalue weighted by Crippen LogP contribution is -2.28. The molecule has 0 amide bonds. The number of thiazole rings is 1. The second-order valence-electron chi connectivity index (χ2n) is 3.45. The maximum absolute atomic E-state index is 12.3. The van der Waals surface area contributed by atoms with Crippen LogP contribution in [0.1, 0.15) is 10.5 Å². The molecule has 0 aliphatic rings. The van der Waals surface area contributed by atoms with Crippen LogP contribution in [-0.2, 0) is 10.0 Å². The molecule has 0 atom stereocenters. The van der Waals surface area contributed by atoms with Gasteiger partial charge in [0.2, 0.25) is 0 Å². The molecule has 19 heavy (non-hydrogen) atoms. The Morgan fingerprint density at radius 3 is 2.68 bits per heavy atom. The van der Waals surface area contributed by atoms with Crippen LogP contribution >= 0.6 is 11.3 Å². The van der Waals surface area contributed by atoms with Crippen LogP contribution in [-0.4, -0.2) is 36.5 Å². The zero-order valence-corrected chi connectivity index (χ0v) is 11.3. The van der Waals surface area contributed by atoms with Crippen LogP contribution in [0.2, 0.25) is 0 Å². The summed E-state index contributed by atoms with van der Waals surface area (Å²) in [6, 6.07) is 4.80. The van der Waals surface area contributed by atoms with Crippen molar-refractivity contribution in [1.29, 1.82) is 0 Å². The number of nitrogens with zero attached hydrogens (tertiary/aromatic N) is 3. The molecule has 2 rings (SSSR count). The van der Waals surface area contributed by atoms with E-state index in [9.17, 15) is 13.2 Å². The normalized spacial score (nSPS) is 11.2. The second-order valence-corrected chi connectivity index (χ2v) is 6.47. The van der Waals surface area contributed by atoms with Crippen LogP contribution in [0, 0.1) is 0 Å². The third-order valence-corrected chi connectivity index (χ3v) is 5.41. The summed E-state index contributed by atoms with van der Waals surface area (Å²) < 4.78 is 25.2. The van der Waals surface area contributed by atoms with E-state index >= 15 is 0 Å². The van der Waals surface area contributed by atoms with Crippen molar-refractivity contribution in [3.05, 3.63) is 35.6 Å². The van der Waals surface area contributed by atoms with Crippen LogP contribution in [0.15, 0.2) is 34.1 Å². The van der Waals surface area contributed by atoms with Crippen molar-refractivity contribution < 1.29 is 18.3 Å². The third-order valence-electron chi connectivity index (χ3n) is 2.30. The molecule has 0 saturated heterocycles. The Kier molecular flexibility index (Phi) is 3.49. The first-order valence-corrected chi connectivity index (χ1v) is 7.33. The molecule has 9 heteroatoms. The minimum absolute atomic E-state index is 0.201. The van der Waals surface area contributed by atoms with Gasteiger partial charge in [0, 0.05) is 13.2 Å². The molecular weight excluding hydrogens is 290 g/mol. The van der Waals surface area contributed by atoms with E-state index < -0.39 is 21.7 Å². The van der Waals surface area contributed by atoms with Gasteiger partial charge < -0.3 is 5.11 Å². The summed E-state index contributed by atoms with van der Waals surface area (Å²) in [5, 5.41) is 8.92. The van der Waals surface area contributed by atoms with E-state index in [2.05, 4.69) is 9.97 Å². The lowest BCUT2D eigenvalue weighted by molar-refractivity contribution is 0.0687. The number of aromatic nitrogens is 2. The minimum Gasteiger partial charge on any atom is -0.476 e. The highest BCUT2D eigenvalue weighted by Gasteiger charge is 2.30. The van der Waals surface area contributed by atoms with E-state index in [1.165, 1.54) is 24.8 Å². The lowest BCUT2D eigenvalue weighted by Gasteiger charge is -2.17. The number of sulfonamides is 1. The van der Waals surface area contributed by atoms with Crippen LogP contribution in [0.3, 0.4) is 0 Å². The van der Waals surface area contributed by atoms with Crippen molar-refractivity contribution in [3.63, 3.8) is 0 Å². The summed E-state index contributed by atoms with van der Waals surface area (Å²) in [6.07, 6.45) is 1.45. The predicted octanol–water partition coefficient (Wildman–Crippen LogP) is 1.06. The molecule has 0 aliphatic carbocycles. The summed E-state index contributed by atoms with van der Waals surface area (Å²) in [5.74, 6) is -1.18. The number of aromatic carboxylic acids is 1. The van der Waals surface area contributed by atoms with Gasteiger partial charge in [0.05, 0.1) is 5.51 Å². The van der Waals surface area contributed by atoms with Crippen molar-refractivity contribution in [2.45, 2.75) is 4.21 Å². The maximum atomic E-state index is 12.3. The molecule has 0 radical (unpaired) electrons. The van der Waals surface area contributed by atoms with Gasteiger partial charge in [0.1, 0.15) is 5.82 Å². The van der Waals surface area contributed by atoms with Gasteiger partial charge in [-0.25, -0.2) is 23.2 Å². The molecule has 7 nitrogen and oxygen atoms in total. The maximum Gasteiger partial charge on any atom is 0.356 e. The number of anilines is 1. The van der Waals surface area contributed by atoms with E-state index in [-0.39, 0.29) is 10.0 Å². The topological polar surface area (TPSA) is 100 Å². The fourth-order valence-electron chi connectivity index (χ4n) is 1.35. The van der Waals surface area contributed by atoms with Gasteiger partial charge in [-0.05, 0) is 12.1 Å². The number of rotatable bonds is 4. The highest BCUT2D eigenvalue weighted by molar-refractivity contribution is 7.94. The number of carboxylic acid groups (broad SMARTS) is 1. The summed E-state index contributed by atoms with van der Waals surface area (Å²) in [5.41, 5.74) is 0.704. The van der Waals surface area contributed by atoms with Gasteiger partial charge in [-0.1, -0.05) is 6.07 Å². The van der Waals surface area contributed by atoms with Gasteiger partial charge in [0.15, 0.2) is 9.90 Å². The van der Waals surface area contributed by atoms with E-state index in [0.29, 0.717) is 0 Å². The first-order valence-electron chi connectivity index (χ1n) is 5.01. The standard InChI is InChI=1S/C10H9N3O4S2/c1-13(7-4-2-3-5-11-7)19(16,17)10-8(9(14)15)12-6-18-10/h2-6H,1H3,(H,14,15). The molecule has 0 bridgehead atoms. The zero-order chi connectivity index (χ0) is 14.0. The Balaban J connectivity index is 2.49. The van der Waals surface area contributed by atoms with E-state index in [0.717, 1.165) is 15.6 Å². The number of hydrogen-bond acceptors (Lipinski definition) is 6. The SMILES string of the molecule is CN(c1ccccn1)S(=O)(=O)c1scnc1C(=O)O. The van der Waals surface area contributed by atoms with E-state index in [1.807, 2.05) is 0 Å². The number of pyridine rings is 1. The van der Waals surface area contributed by atoms with Gasteiger partial charge >= 0.3 is 5.97 Å². The third kappa shape index (κ3) is 2.42. The predicted molar refractivity (Wildman–Crippen MR) is 68.9 cm³/mol. The first kappa shape index (κ1) is 13.4. The quantitative estimate of drug-likeness (QED) is 0.906. The molecule has 100 valence electrons. The molecular formula is C10H9N3O4S2. The summed E-state index contributed by atoms with van der Waals surface area (Å²) in [7, 11) is -2.67. The van der Waals surface area contributed by atoms with Gasteiger partial charge in [-0.2, -0.15) is 0 Å². The Bertz CT molecular complexity index is 697. The largest absolute Gasteiger partial charge is 0.476 e. The molecule has 0 aliphatic heterocycles. The average Bonchev–Trinajstić information content (AvgIpc) is 2.89. The number of hydrogen-bond donors (Lipinski definition) is 1. The van der Waals surface area contributed by atoms with E-state index in [1.54, 1.807) is 12.1 Å². The van der Waals surface area contributed by atoms with Crippen molar-refractivity contribution in [1.82, 2.24) is 9.97 Å². The number of carboxylic acids is 1. The van der Waals surface area contributed by atoms with Gasteiger partial charge in [-0.15, -0.1) is 11.3 Å². The fraction of sp³-hybridized carbons (Fsp3) is 0.100. The highest BCUT2D eigenvalue weighted by Crippen LogP contribution is 2.25. The lowest BCUT2D eigenvalue weighted by atomic mass is 10.5. The molecule has 0 aromatic carbocycles.